The van der Waals surface area contributed by atoms with E-state index in [1.165, 1.54) is 12.2 Å². The Labute approximate surface area is 101 Å². The lowest BCUT2D eigenvalue weighted by Gasteiger charge is -2.30. The lowest BCUT2D eigenvalue weighted by molar-refractivity contribution is 0.529. The molecule has 1 saturated heterocycles. The molecule has 1 fully saturated rings. The Kier molecular flexibility index (Phi) is 4.12. The Morgan fingerprint density at radius 3 is 3.31 bits per heavy atom. The molecule has 5 heteroatoms. The van der Waals surface area contributed by atoms with Gasteiger partial charge in [0.15, 0.2) is 0 Å². The van der Waals surface area contributed by atoms with Crippen LogP contribution in [-0.2, 0) is 6.54 Å². The maximum Gasteiger partial charge on any atom is 0.297 e. The summed E-state index contributed by atoms with van der Waals surface area (Å²) in [5.41, 5.74) is 0.976. The van der Waals surface area contributed by atoms with Gasteiger partial charge in [-0.15, -0.1) is 0 Å². The molecule has 2 heterocycles. The largest absolute Gasteiger partial charge is 0.432 e. The second-order valence-corrected chi connectivity index (χ2v) is 5.41. The first kappa shape index (κ1) is 11.8. The van der Waals surface area contributed by atoms with E-state index in [1.807, 2.05) is 7.05 Å². The molecule has 1 aromatic rings. The zero-order chi connectivity index (χ0) is 11.4. The molecule has 0 spiro atoms. The number of hydrogen-bond donors (Lipinski definition) is 1. The summed E-state index contributed by atoms with van der Waals surface area (Å²) in [7, 11) is 1.92. The standard InChI is InChI=1S/C11H19N3OS/c1-3-10-7-14(4-5-16-10)11-13-9(6-12-2)8-15-11/h8,10,12H,3-7H2,1-2H3. The molecule has 1 aromatic heterocycles. The van der Waals surface area contributed by atoms with Crippen molar-refractivity contribution in [3.05, 3.63) is 12.0 Å². The number of nitrogens with zero attached hydrogens (tertiary/aromatic N) is 2. The van der Waals surface area contributed by atoms with Crippen LogP contribution < -0.4 is 10.2 Å². The maximum atomic E-state index is 5.52. The number of hydrogen-bond acceptors (Lipinski definition) is 5. The highest BCUT2D eigenvalue weighted by Gasteiger charge is 2.22. The van der Waals surface area contributed by atoms with Gasteiger partial charge in [-0.1, -0.05) is 6.92 Å². The molecule has 0 amide bonds. The predicted molar refractivity (Wildman–Crippen MR) is 68.0 cm³/mol. The highest BCUT2D eigenvalue weighted by atomic mass is 32.2. The molecule has 2 rings (SSSR count). The highest BCUT2D eigenvalue weighted by Crippen LogP contribution is 2.25. The molecule has 1 aliphatic rings. The van der Waals surface area contributed by atoms with Crippen molar-refractivity contribution in [2.24, 2.45) is 0 Å². The number of thioether (sulfide) groups is 1. The summed E-state index contributed by atoms with van der Waals surface area (Å²) in [5, 5.41) is 3.79. The van der Waals surface area contributed by atoms with Gasteiger partial charge in [-0.05, 0) is 13.5 Å². The van der Waals surface area contributed by atoms with Crippen LogP contribution in [0.5, 0.6) is 0 Å². The number of rotatable bonds is 4. The Morgan fingerprint density at radius 2 is 2.56 bits per heavy atom. The fourth-order valence-corrected chi connectivity index (χ4v) is 3.02. The Hall–Kier alpha value is -0.680. The van der Waals surface area contributed by atoms with Crippen molar-refractivity contribution in [1.82, 2.24) is 10.3 Å². The summed E-state index contributed by atoms with van der Waals surface area (Å²) in [6.45, 7) is 5.10. The summed E-state index contributed by atoms with van der Waals surface area (Å²) in [6.07, 6.45) is 2.96. The summed E-state index contributed by atoms with van der Waals surface area (Å²) in [6, 6.07) is 0.781. The molecule has 16 heavy (non-hydrogen) atoms. The van der Waals surface area contributed by atoms with Gasteiger partial charge in [0.1, 0.15) is 6.26 Å². The minimum Gasteiger partial charge on any atom is -0.432 e. The van der Waals surface area contributed by atoms with Crippen molar-refractivity contribution in [3.8, 4) is 0 Å². The topological polar surface area (TPSA) is 41.3 Å². The first-order chi connectivity index (χ1) is 7.83. The summed E-state index contributed by atoms with van der Waals surface area (Å²) < 4.78 is 5.52. The first-order valence-electron chi connectivity index (χ1n) is 5.79. The van der Waals surface area contributed by atoms with E-state index in [-0.39, 0.29) is 0 Å². The van der Waals surface area contributed by atoms with Crippen molar-refractivity contribution < 1.29 is 4.42 Å². The summed E-state index contributed by atoms with van der Waals surface area (Å²) in [5.74, 6) is 1.17. The van der Waals surface area contributed by atoms with Crippen LogP contribution in [0.4, 0.5) is 6.01 Å². The Morgan fingerprint density at radius 1 is 1.69 bits per heavy atom. The number of anilines is 1. The van der Waals surface area contributed by atoms with Crippen LogP contribution in [0.25, 0.3) is 0 Å². The van der Waals surface area contributed by atoms with Crippen molar-refractivity contribution in [1.29, 1.82) is 0 Å². The first-order valence-corrected chi connectivity index (χ1v) is 6.84. The van der Waals surface area contributed by atoms with Gasteiger partial charge in [-0.3, -0.25) is 0 Å². The van der Waals surface area contributed by atoms with Gasteiger partial charge in [0.25, 0.3) is 6.01 Å². The minimum absolute atomic E-state index is 0.716. The molecule has 0 radical (unpaired) electrons. The predicted octanol–water partition coefficient (Wildman–Crippen LogP) is 1.73. The Balaban J connectivity index is 1.99. The Bertz CT molecular complexity index is 329. The van der Waals surface area contributed by atoms with Crippen LogP contribution in [0.3, 0.4) is 0 Å². The van der Waals surface area contributed by atoms with E-state index < -0.39 is 0 Å². The molecular weight excluding hydrogens is 222 g/mol. The molecule has 4 nitrogen and oxygen atoms in total. The van der Waals surface area contributed by atoms with Gasteiger partial charge >= 0.3 is 0 Å². The second kappa shape index (κ2) is 5.59. The van der Waals surface area contributed by atoms with E-state index in [0.29, 0.717) is 5.25 Å². The van der Waals surface area contributed by atoms with E-state index in [9.17, 15) is 0 Å². The van der Waals surface area contributed by atoms with Crippen LogP contribution in [0.15, 0.2) is 10.7 Å². The van der Waals surface area contributed by atoms with Gasteiger partial charge < -0.3 is 14.6 Å². The maximum absolute atomic E-state index is 5.52. The van der Waals surface area contributed by atoms with E-state index in [2.05, 4.69) is 33.9 Å². The van der Waals surface area contributed by atoms with E-state index in [0.717, 1.165) is 31.3 Å². The quantitative estimate of drug-likeness (QED) is 0.869. The number of aromatic nitrogens is 1. The van der Waals surface area contributed by atoms with Crippen LogP contribution in [0, 0.1) is 0 Å². The average molecular weight is 241 g/mol. The third kappa shape index (κ3) is 2.71. The van der Waals surface area contributed by atoms with Crippen molar-refractivity contribution >= 4 is 17.8 Å². The van der Waals surface area contributed by atoms with Gasteiger partial charge in [0, 0.05) is 30.6 Å². The van der Waals surface area contributed by atoms with Crippen molar-refractivity contribution in [3.63, 3.8) is 0 Å². The van der Waals surface area contributed by atoms with Crippen LogP contribution in [0.1, 0.15) is 19.0 Å². The zero-order valence-corrected chi connectivity index (χ0v) is 10.7. The number of nitrogens with one attached hydrogen (secondary N) is 1. The fraction of sp³-hybridized carbons (Fsp3) is 0.727. The monoisotopic (exact) mass is 241 g/mol. The molecule has 90 valence electrons. The molecular formula is C11H19N3OS. The van der Waals surface area contributed by atoms with E-state index in [4.69, 9.17) is 4.42 Å². The third-order valence-electron chi connectivity index (χ3n) is 2.76. The molecule has 1 unspecified atom stereocenters. The highest BCUT2D eigenvalue weighted by molar-refractivity contribution is 8.00. The molecule has 0 bridgehead atoms. The van der Waals surface area contributed by atoms with Gasteiger partial charge in [0.05, 0.1) is 5.69 Å². The third-order valence-corrected chi connectivity index (χ3v) is 4.13. The van der Waals surface area contributed by atoms with E-state index in [1.54, 1.807) is 6.26 Å². The van der Waals surface area contributed by atoms with E-state index >= 15 is 0 Å². The SMILES string of the molecule is CCC1CN(c2nc(CNC)co2)CCS1. The molecule has 0 aliphatic carbocycles. The number of oxazole rings is 1. The fourth-order valence-electron chi connectivity index (χ4n) is 1.84. The second-order valence-electron chi connectivity index (χ2n) is 4.00. The normalized spacial score (nSPS) is 21.4. The van der Waals surface area contributed by atoms with Gasteiger partial charge in [0.2, 0.25) is 0 Å². The lowest BCUT2D eigenvalue weighted by Crippen LogP contribution is -2.37. The minimum atomic E-state index is 0.716. The van der Waals surface area contributed by atoms with Crippen LogP contribution in [0.2, 0.25) is 0 Å². The molecule has 0 aromatic carbocycles. The van der Waals surface area contributed by atoms with Crippen LogP contribution >= 0.6 is 11.8 Å². The zero-order valence-electron chi connectivity index (χ0n) is 9.90. The smallest absolute Gasteiger partial charge is 0.297 e. The van der Waals surface area contributed by atoms with Crippen molar-refractivity contribution in [2.75, 3.05) is 30.8 Å². The lowest BCUT2D eigenvalue weighted by atomic mass is 10.3. The average Bonchev–Trinajstić information content (AvgIpc) is 2.78. The molecule has 1 atom stereocenters. The molecule has 1 N–H and O–H groups in total. The van der Waals surface area contributed by atoms with Gasteiger partial charge in [-0.25, -0.2) is 0 Å². The van der Waals surface area contributed by atoms with Crippen LogP contribution in [-0.4, -0.2) is 36.1 Å². The summed E-state index contributed by atoms with van der Waals surface area (Å²) >= 11 is 2.06. The molecule has 0 saturated carbocycles. The summed E-state index contributed by atoms with van der Waals surface area (Å²) in [4.78, 5) is 6.73. The molecule has 1 aliphatic heterocycles. The van der Waals surface area contributed by atoms with Gasteiger partial charge in [-0.2, -0.15) is 16.7 Å². The van der Waals surface area contributed by atoms with Crippen molar-refractivity contribution in [2.45, 2.75) is 25.1 Å².